The summed E-state index contributed by atoms with van der Waals surface area (Å²) < 4.78 is 2.45. The van der Waals surface area contributed by atoms with Gasteiger partial charge in [-0.2, -0.15) is 0 Å². The molecule has 0 bridgehead atoms. The smallest absolute Gasteiger partial charge is 0.0480 e. The Bertz CT molecular complexity index is 562. The van der Waals surface area contributed by atoms with E-state index in [9.17, 15) is 0 Å². The van der Waals surface area contributed by atoms with Crippen LogP contribution in [0.15, 0.2) is 30.5 Å². The summed E-state index contributed by atoms with van der Waals surface area (Å²) in [5.41, 5.74) is 2.77. The van der Waals surface area contributed by atoms with Gasteiger partial charge in [-0.1, -0.05) is 32.8 Å². The average Bonchev–Trinajstić information content (AvgIpc) is 3.07. The van der Waals surface area contributed by atoms with E-state index in [1.807, 2.05) is 0 Å². The van der Waals surface area contributed by atoms with E-state index in [1.165, 1.54) is 48.7 Å². The quantitative estimate of drug-likeness (QED) is 0.855. The number of aromatic nitrogens is 1. The Morgan fingerprint density at radius 1 is 1.20 bits per heavy atom. The van der Waals surface area contributed by atoms with E-state index in [-0.39, 0.29) is 0 Å². The first-order valence-corrected chi connectivity index (χ1v) is 8.03. The zero-order valence-electron chi connectivity index (χ0n) is 12.7. The fourth-order valence-electron chi connectivity index (χ4n) is 3.31. The first kappa shape index (κ1) is 13.7. The Balaban J connectivity index is 1.75. The first-order valence-electron chi connectivity index (χ1n) is 8.03. The van der Waals surface area contributed by atoms with Crippen molar-refractivity contribution in [1.29, 1.82) is 0 Å². The van der Waals surface area contributed by atoms with Crippen molar-refractivity contribution in [3.8, 4) is 0 Å². The van der Waals surface area contributed by atoms with Crippen LogP contribution in [0.25, 0.3) is 10.9 Å². The Morgan fingerprint density at radius 2 is 2.00 bits per heavy atom. The fourth-order valence-corrected chi connectivity index (χ4v) is 3.31. The highest BCUT2D eigenvalue weighted by atomic mass is 15.0. The molecule has 1 aromatic heterocycles. The van der Waals surface area contributed by atoms with Crippen LogP contribution >= 0.6 is 0 Å². The van der Waals surface area contributed by atoms with E-state index >= 15 is 0 Å². The van der Waals surface area contributed by atoms with Crippen LogP contribution in [0, 0.1) is 5.92 Å². The third-order valence-electron chi connectivity index (χ3n) is 4.48. The molecule has 0 amide bonds. The lowest BCUT2D eigenvalue weighted by molar-refractivity contribution is 0.466. The molecule has 0 unspecified atom stereocenters. The maximum Gasteiger partial charge on any atom is 0.0480 e. The van der Waals surface area contributed by atoms with E-state index in [2.05, 4.69) is 54.2 Å². The molecule has 1 N–H and O–H groups in total. The lowest BCUT2D eigenvalue weighted by Gasteiger charge is -2.12. The molecule has 108 valence electrons. The summed E-state index contributed by atoms with van der Waals surface area (Å²) in [5.74, 6) is 0.896. The predicted octanol–water partition coefficient (Wildman–Crippen LogP) is 4.33. The van der Waals surface area contributed by atoms with Gasteiger partial charge in [0.1, 0.15) is 0 Å². The molecule has 1 aliphatic carbocycles. The van der Waals surface area contributed by atoms with Crippen molar-refractivity contribution in [2.24, 2.45) is 5.92 Å². The van der Waals surface area contributed by atoms with E-state index in [1.54, 1.807) is 0 Å². The molecule has 1 aliphatic rings. The topological polar surface area (TPSA) is 17.0 Å². The van der Waals surface area contributed by atoms with E-state index in [0.717, 1.165) is 12.5 Å². The van der Waals surface area contributed by atoms with Gasteiger partial charge in [0.15, 0.2) is 0 Å². The number of hydrogen-bond acceptors (Lipinski definition) is 1. The SMILES string of the molecule is CC(C)NCc1ccc2c(ccn2CC2CCCC2)c1. The van der Waals surface area contributed by atoms with Gasteiger partial charge < -0.3 is 9.88 Å². The van der Waals surface area contributed by atoms with Crippen molar-refractivity contribution in [3.63, 3.8) is 0 Å². The molecular formula is C18H26N2. The molecule has 3 rings (SSSR count). The van der Waals surface area contributed by atoms with Crippen LogP contribution in [-0.2, 0) is 13.1 Å². The second-order valence-electron chi connectivity index (χ2n) is 6.55. The summed E-state index contributed by atoms with van der Waals surface area (Å²) in [7, 11) is 0. The second kappa shape index (κ2) is 6.01. The zero-order chi connectivity index (χ0) is 13.9. The van der Waals surface area contributed by atoms with Crippen molar-refractivity contribution < 1.29 is 0 Å². The molecule has 0 radical (unpaired) electrons. The van der Waals surface area contributed by atoms with Crippen LogP contribution in [-0.4, -0.2) is 10.6 Å². The van der Waals surface area contributed by atoms with Gasteiger partial charge in [-0.25, -0.2) is 0 Å². The summed E-state index contributed by atoms with van der Waals surface area (Å²) in [6.07, 6.45) is 7.94. The maximum absolute atomic E-state index is 3.49. The zero-order valence-corrected chi connectivity index (χ0v) is 12.7. The molecule has 1 aromatic carbocycles. The molecule has 1 fully saturated rings. The van der Waals surface area contributed by atoms with Gasteiger partial charge in [0.25, 0.3) is 0 Å². The lowest BCUT2D eigenvalue weighted by atomic mass is 10.1. The average molecular weight is 270 g/mol. The minimum atomic E-state index is 0.540. The number of nitrogens with one attached hydrogen (secondary N) is 1. The highest BCUT2D eigenvalue weighted by Crippen LogP contribution is 2.28. The summed E-state index contributed by atoms with van der Waals surface area (Å²) in [4.78, 5) is 0. The molecule has 0 aliphatic heterocycles. The Labute approximate surface area is 122 Å². The Morgan fingerprint density at radius 3 is 2.75 bits per heavy atom. The number of fused-ring (bicyclic) bond motifs is 1. The minimum absolute atomic E-state index is 0.540. The molecule has 1 saturated carbocycles. The van der Waals surface area contributed by atoms with Crippen LogP contribution in [0.5, 0.6) is 0 Å². The van der Waals surface area contributed by atoms with Crippen molar-refractivity contribution in [2.45, 2.75) is 58.7 Å². The number of nitrogens with zero attached hydrogens (tertiary/aromatic N) is 1. The number of rotatable bonds is 5. The molecule has 0 spiro atoms. The second-order valence-corrected chi connectivity index (χ2v) is 6.55. The summed E-state index contributed by atoms with van der Waals surface area (Å²) in [6.45, 7) is 6.54. The van der Waals surface area contributed by atoms with Crippen LogP contribution < -0.4 is 5.32 Å². The first-order chi connectivity index (χ1) is 9.72. The summed E-state index contributed by atoms with van der Waals surface area (Å²) in [6, 6.07) is 9.70. The molecule has 0 saturated heterocycles. The predicted molar refractivity (Wildman–Crippen MR) is 85.9 cm³/mol. The molecule has 20 heavy (non-hydrogen) atoms. The van der Waals surface area contributed by atoms with Gasteiger partial charge in [-0.3, -0.25) is 0 Å². The van der Waals surface area contributed by atoms with Crippen LogP contribution in [0.4, 0.5) is 0 Å². The monoisotopic (exact) mass is 270 g/mol. The normalized spacial score (nSPS) is 16.6. The van der Waals surface area contributed by atoms with Gasteiger partial charge in [0.05, 0.1) is 0 Å². The summed E-state index contributed by atoms with van der Waals surface area (Å²) in [5, 5.41) is 4.87. The maximum atomic E-state index is 3.49. The Kier molecular flexibility index (Phi) is 4.11. The van der Waals surface area contributed by atoms with Crippen molar-refractivity contribution >= 4 is 10.9 Å². The molecule has 2 aromatic rings. The Hall–Kier alpha value is -1.28. The van der Waals surface area contributed by atoms with Gasteiger partial charge >= 0.3 is 0 Å². The van der Waals surface area contributed by atoms with Gasteiger partial charge in [-0.05, 0) is 47.9 Å². The van der Waals surface area contributed by atoms with Gasteiger partial charge in [0, 0.05) is 30.8 Å². The molecule has 2 heteroatoms. The van der Waals surface area contributed by atoms with Crippen LogP contribution in [0.1, 0.15) is 45.1 Å². The van der Waals surface area contributed by atoms with Gasteiger partial charge in [0.2, 0.25) is 0 Å². The highest BCUT2D eigenvalue weighted by molar-refractivity contribution is 5.80. The standard InChI is InChI=1S/C18H26N2/c1-14(2)19-12-16-7-8-18-17(11-16)9-10-20(18)13-15-5-3-4-6-15/h7-11,14-15,19H,3-6,12-13H2,1-2H3. The highest BCUT2D eigenvalue weighted by Gasteiger charge is 2.16. The molecule has 2 nitrogen and oxygen atoms in total. The van der Waals surface area contributed by atoms with Gasteiger partial charge in [-0.15, -0.1) is 0 Å². The van der Waals surface area contributed by atoms with Crippen molar-refractivity contribution in [1.82, 2.24) is 9.88 Å². The van der Waals surface area contributed by atoms with Crippen LogP contribution in [0.2, 0.25) is 0 Å². The molecular weight excluding hydrogens is 244 g/mol. The third kappa shape index (κ3) is 3.06. The lowest BCUT2D eigenvalue weighted by Crippen LogP contribution is -2.21. The minimum Gasteiger partial charge on any atom is -0.347 e. The van der Waals surface area contributed by atoms with E-state index < -0.39 is 0 Å². The largest absolute Gasteiger partial charge is 0.347 e. The number of hydrogen-bond donors (Lipinski definition) is 1. The third-order valence-corrected chi connectivity index (χ3v) is 4.48. The molecule has 0 atom stereocenters. The van der Waals surface area contributed by atoms with E-state index in [0.29, 0.717) is 6.04 Å². The summed E-state index contributed by atoms with van der Waals surface area (Å²) >= 11 is 0. The van der Waals surface area contributed by atoms with E-state index in [4.69, 9.17) is 0 Å². The van der Waals surface area contributed by atoms with Crippen LogP contribution in [0.3, 0.4) is 0 Å². The number of benzene rings is 1. The fraction of sp³-hybridized carbons (Fsp3) is 0.556. The molecule has 1 heterocycles. The van der Waals surface area contributed by atoms with Crippen molar-refractivity contribution in [3.05, 3.63) is 36.0 Å². The van der Waals surface area contributed by atoms with Crippen molar-refractivity contribution in [2.75, 3.05) is 0 Å².